The molecular weight excluding hydrogens is 419 g/mol. The minimum absolute atomic E-state index is 0.0316. The third kappa shape index (κ3) is 4.79. The molecular formula is C25H27FN6O. The summed E-state index contributed by atoms with van der Waals surface area (Å²) in [6.07, 6.45) is 5.36. The van der Waals surface area contributed by atoms with Crippen molar-refractivity contribution in [1.29, 1.82) is 0 Å². The Labute approximate surface area is 192 Å². The molecule has 2 saturated heterocycles. The van der Waals surface area contributed by atoms with Crippen molar-refractivity contribution in [2.24, 2.45) is 5.92 Å². The Kier molecular flexibility index (Phi) is 6.15. The number of benzene rings is 1. The van der Waals surface area contributed by atoms with Crippen LogP contribution < -0.4 is 9.80 Å². The lowest BCUT2D eigenvalue weighted by Gasteiger charge is -2.40. The van der Waals surface area contributed by atoms with E-state index in [4.69, 9.17) is 0 Å². The van der Waals surface area contributed by atoms with Crippen LogP contribution in [0.4, 0.5) is 15.9 Å². The number of amides is 1. The van der Waals surface area contributed by atoms with E-state index in [1.165, 1.54) is 12.1 Å². The number of aromatic nitrogens is 3. The van der Waals surface area contributed by atoms with Gasteiger partial charge in [-0.3, -0.25) is 9.78 Å². The predicted molar refractivity (Wildman–Crippen MR) is 125 cm³/mol. The summed E-state index contributed by atoms with van der Waals surface area (Å²) in [6, 6.07) is 14.3. The smallest absolute Gasteiger partial charge is 0.227 e. The van der Waals surface area contributed by atoms with Gasteiger partial charge in [-0.05, 0) is 61.4 Å². The lowest BCUT2D eigenvalue weighted by molar-refractivity contribution is -0.136. The third-order valence-electron chi connectivity index (χ3n) is 6.49. The number of carbonyl (C=O) groups excluding carboxylic acids is 1. The standard InChI is InChI=1S/C25H27FN6O/c26-21-5-7-22(8-6-21)30-13-15-31(16-14-30)25(33)20-4-2-12-32(18-20)24-10-9-23(28-29-24)19-3-1-11-27-17-19/h1,3,5-11,17,20H,2,4,12-16,18H2. The van der Waals surface area contributed by atoms with Crippen LogP contribution in [0.2, 0.25) is 0 Å². The van der Waals surface area contributed by atoms with E-state index in [9.17, 15) is 9.18 Å². The zero-order chi connectivity index (χ0) is 22.6. The number of pyridine rings is 1. The molecule has 0 saturated carbocycles. The van der Waals surface area contributed by atoms with Crippen LogP contribution in [0.25, 0.3) is 11.3 Å². The fourth-order valence-electron chi connectivity index (χ4n) is 4.64. The first-order chi connectivity index (χ1) is 16.2. The van der Waals surface area contributed by atoms with E-state index in [0.29, 0.717) is 19.6 Å². The highest BCUT2D eigenvalue weighted by Crippen LogP contribution is 2.25. The lowest BCUT2D eigenvalue weighted by Crippen LogP contribution is -2.52. The first-order valence-electron chi connectivity index (χ1n) is 11.5. The molecule has 2 aromatic heterocycles. The molecule has 5 rings (SSSR count). The van der Waals surface area contributed by atoms with E-state index in [-0.39, 0.29) is 17.6 Å². The van der Waals surface area contributed by atoms with Crippen LogP contribution in [0.1, 0.15) is 12.8 Å². The SMILES string of the molecule is O=C(C1CCCN(c2ccc(-c3cccnc3)nn2)C1)N1CCN(c2ccc(F)cc2)CC1. The van der Waals surface area contributed by atoms with E-state index >= 15 is 0 Å². The zero-order valence-corrected chi connectivity index (χ0v) is 18.5. The van der Waals surface area contributed by atoms with Crippen molar-refractivity contribution in [3.05, 3.63) is 66.7 Å². The van der Waals surface area contributed by atoms with Gasteiger partial charge in [0.15, 0.2) is 5.82 Å². The number of anilines is 2. The summed E-state index contributed by atoms with van der Waals surface area (Å²) < 4.78 is 13.2. The molecule has 2 aliphatic heterocycles. The topological polar surface area (TPSA) is 65.5 Å². The summed E-state index contributed by atoms with van der Waals surface area (Å²) in [5.41, 5.74) is 2.72. The Bertz CT molecular complexity index is 1070. The number of piperidine rings is 1. The molecule has 1 atom stereocenters. The number of carbonyl (C=O) groups is 1. The van der Waals surface area contributed by atoms with E-state index < -0.39 is 0 Å². The number of hydrogen-bond donors (Lipinski definition) is 0. The first kappa shape index (κ1) is 21.3. The Morgan fingerprint density at radius 3 is 2.42 bits per heavy atom. The number of nitrogens with zero attached hydrogens (tertiary/aromatic N) is 6. The molecule has 33 heavy (non-hydrogen) atoms. The summed E-state index contributed by atoms with van der Waals surface area (Å²) in [5.74, 6) is 0.765. The maximum atomic E-state index is 13.2. The van der Waals surface area contributed by atoms with Crippen LogP contribution in [0.3, 0.4) is 0 Å². The average Bonchev–Trinajstić information content (AvgIpc) is 2.89. The second kappa shape index (κ2) is 9.52. The fourth-order valence-corrected chi connectivity index (χ4v) is 4.64. The van der Waals surface area contributed by atoms with Gasteiger partial charge >= 0.3 is 0 Å². The molecule has 2 fully saturated rings. The largest absolute Gasteiger partial charge is 0.368 e. The molecule has 1 amide bonds. The number of rotatable bonds is 4. The van der Waals surface area contributed by atoms with Crippen molar-refractivity contribution in [2.75, 3.05) is 49.1 Å². The van der Waals surface area contributed by atoms with Crippen molar-refractivity contribution >= 4 is 17.4 Å². The van der Waals surface area contributed by atoms with Crippen molar-refractivity contribution in [1.82, 2.24) is 20.1 Å². The monoisotopic (exact) mass is 446 g/mol. The molecule has 1 unspecified atom stereocenters. The van der Waals surface area contributed by atoms with Crippen LogP contribution in [-0.4, -0.2) is 65.3 Å². The van der Waals surface area contributed by atoms with Crippen molar-refractivity contribution in [2.45, 2.75) is 12.8 Å². The predicted octanol–water partition coefficient (Wildman–Crippen LogP) is 3.24. The van der Waals surface area contributed by atoms with Gasteiger partial charge < -0.3 is 14.7 Å². The molecule has 0 aliphatic carbocycles. The van der Waals surface area contributed by atoms with Crippen LogP contribution in [0.5, 0.6) is 0 Å². The van der Waals surface area contributed by atoms with E-state index in [2.05, 4.69) is 25.0 Å². The third-order valence-corrected chi connectivity index (χ3v) is 6.49. The maximum absolute atomic E-state index is 13.2. The number of piperazine rings is 1. The van der Waals surface area contributed by atoms with Crippen molar-refractivity contribution < 1.29 is 9.18 Å². The highest BCUT2D eigenvalue weighted by Gasteiger charge is 2.31. The van der Waals surface area contributed by atoms with Crippen LogP contribution >= 0.6 is 0 Å². The van der Waals surface area contributed by atoms with Gasteiger partial charge in [-0.15, -0.1) is 10.2 Å². The van der Waals surface area contributed by atoms with Crippen LogP contribution in [0, 0.1) is 11.7 Å². The summed E-state index contributed by atoms with van der Waals surface area (Å²) in [4.78, 5) is 23.7. The highest BCUT2D eigenvalue weighted by molar-refractivity contribution is 5.80. The summed E-state index contributed by atoms with van der Waals surface area (Å²) in [5, 5.41) is 8.80. The lowest BCUT2D eigenvalue weighted by atomic mass is 9.96. The maximum Gasteiger partial charge on any atom is 0.227 e. The Balaban J connectivity index is 1.18. The molecule has 0 spiro atoms. The molecule has 8 heteroatoms. The van der Waals surface area contributed by atoms with E-state index in [0.717, 1.165) is 55.2 Å². The quantitative estimate of drug-likeness (QED) is 0.613. The van der Waals surface area contributed by atoms with Gasteiger partial charge in [-0.1, -0.05) is 0 Å². The Morgan fingerprint density at radius 1 is 0.909 bits per heavy atom. The van der Waals surface area contributed by atoms with E-state index in [1.807, 2.05) is 29.2 Å². The van der Waals surface area contributed by atoms with Crippen LogP contribution in [-0.2, 0) is 4.79 Å². The first-order valence-corrected chi connectivity index (χ1v) is 11.5. The summed E-state index contributed by atoms with van der Waals surface area (Å²) in [7, 11) is 0. The highest BCUT2D eigenvalue weighted by atomic mass is 19.1. The van der Waals surface area contributed by atoms with Gasteiger partial charge in [-0.25, -0.2) is 4.39 Å². The van der Waals surface area contributed by atoms with Gasteiger partial charge in [0.1, 0.15) is 5.82 Å². The minimum Gasteiger partial charge on any atom is -0.368 e. The molecule has 7 nitrogen and oxygen atoms in total. The van der Waals surface area contributed by atoms with Gasteiger partial charge in [0.05, 0.1) is 11.6 Å². The fraction of sp³-hybridized carbons (Fsp3) is 0.360. The van der Waals surface area contributed by atoms with Gasteiger partial charge in [0.25, 0.3) is 0 Å². The van der Waals surface area contributed by atoms with Crippen molar-refractivity contribution in [3.8, 4) is 11.3 Å². The van der Waals surface area contributed by atoms with Gasteiger partial charge in [-0.2, -0.15) is 0 Å². The van der Waals surface area contributed by atoms with Gasteiger partial charge in [0, 0.05) is 62.9 Å². The second-order valence-electron chi connectivity index (χ2n) is 8.59. The van der Waals surface area contributed by atoms with Crippen molar-refractivity contribution in [3.63, 3.8) is 0 Å². The molecule has 2 aliphatic rings. The zero-order valence-electron chi connectivity index (χ0n) is 18.5. The molecule has 4 heterocycles. The van der Waals surface area contributed by atoms with E-state index in [1.54, 1.807) is 24.5 Å². The number of hydrogen-bond acceptors (Lipinski definition) is 6. The van der Waals surface area contributed by atoms with Crippen LogP contribution in [0.15, 0.2) is 60.9 Å². The summed E-state index contributed by atoms with van der Waals surface area (Å²) in [6.45, 7) is 4.43. The average molecular weight is 447 g/mol. The Morgan fingerprint density at radius 2 is 1.73 bits per heavy atom. The minimum atomic E-state index is -0.231. The Hall–Kier alpha value is -3.55. The van der Waals surface area contributed by atoms with Gasteiger partial charge in [0.2, 0.25) is 5.91 Å². The number of halogens is 1. The molecule has 0 bridgehead atoms. The normalized spacial score (nSPS) is 18.9. The molecule has 170 valence electrons. The second-order valence-corrected chi connectivity index (χ2v) is 8.59. The summed E-state index contributed by atoms with van der Waals surface area (Å²) >= 11 is 0. The molecule has 1 aromatic carbocycles. The molecule has 0 radical (unpaired) electrons. The molecule has 0 N–H and O–H groups in total. The molecule has 3 aromatic rings.